The standard InChI is InChI=1S/C19H24N4O3S/c1-4-13(8-24)20-18(25)19(26)21-17-14-9-27-10-15(14)22-23(17)16-6-5-11(2)7-12(16)3/h5-7,13,24H,4,8-10H2,1-3H3,(H,20,25)(H,21,26)/t13-/m1/s1. The Morgan fingerprint density at radius 3 is 2.74 bits per heavy atom. The summed E-state index contributed by atoms with van der Waals surface area (Å²) in [7, 11) is 0. The molecule has 2 heterocycles. The molecule has 2 amide bonds. The average Bonchev–Trinajstić information content (AvgIpc) is 3.22. The number of hydrogen-bond donors (Lipinski definition) is 3. The Morgan fingerprint density at radius 1 is 1.30 bits per heavy atom. The van der Waals surface area contributed by atoms with Crippen LogP contribution in [0.25, 0.3) is 5.69 Å². The van der Waals surface area contributed by atoms with Crippen LogP contribution in [-0.2, 0) is 21.1 Å². The molecule has 0 saturated heterocycles. The molecule has 1 atom stereocenters. The Kier molecular flexibility index (Phi) is 5.86. The lowest BCUT2D eigenvalue weighted by Crippen LogP contribution is -2.43. The molecule has 0 saturated carbocycles. The van der Waals surface area contributed by atoms with Gasteiger partial charge in [0, 0.05) is 17.1 Å². The van der Waals surface area contributed by atoms with Crippen molar-refractivity contribution in [2.75, 3.05) is 11.9 Å². The molecule has 3 N–H and O–H groups in total. The highest BCUT2D eigenvalue weighted by Crippen LogP contribution is 2.36. The lowest BCUT2D eigenvalue weighted by atomic mass is 10.1. The average molecular weight is 388 g/mol. The summed E-state index contributed by atoms with van der Waals surface area (Å²) in [4.78, 5) is 24.6. The summed E-state index contributed by atoms with van der Waals surface area (Å²) in [6.45, 7) is 5.64. The number of thioether (sulfide) groups is 1. The van der Waals surface area contributed by atoms with Crippen LogP contribution in [0.3, 0.4) is 0 Å². The van der Waals surface area contributed by atoms with Crippen LogP contribution < -0.4 is 10.6 Å². The highest BCUT2D eigenvalue weighted by molar-refractivity contribution is 7.98. The molecule has 3 rings (SSSR count). The summed E-state index contributed by atoms with van der Waals surface area (Å²) in [5, 5.41) is 19.2. The van der Waals surface area contributed by atoms with Crippen LogP contribution in [0.2, 0.25) is 0 Å². The minimum Gasteiger partial charge on any atom is -0.394 e. The van der Waals surface area contributed by atoms with Crippen LogP contribution in [0.4, 0.5) is 5.82 Å². The minimum absolute atomic E-state index is 0.206. The van der Waals surface area contributed by atoms with Gasteiger partial charge in [0.25, 0.3) is 0 Å². The maximum absolute atomic E-state index is 12.4. The topological polar surface area (TPSA) is 96.2 Å². The first-order valence-electron chi connectivity index (χ1n) is 8.93. The molecule has 1 aliphatic rings. The minimum atomic E-state index is -0.760. The van der Waals surface area contributed by atoms with Crippen LogP contribution in [0.1, 0.15) is 35.7 Å². The van der Waals surface area contributed by atoms with E-state index >= 15 is 0 Å². The van der Waals surface area contributed by atoms with Crippen molar-refractivity contribution in [3.8, 4) is 5.69 Å². The highest BCUT2D eigenvalue weighted by atomic mass is 32.2. The third-order valence-electron chi connectivity index (χ3n) is 4.62. The predicted molar refractivity (Wildman–Crippen MR) is 106 cm³/mol. The Labute approximate surface area is 162 Å². The van der Waals surface area contributed by atoms with E-state index in [1.54, 1.807) is 16.4 Å². The van der Waals surface area contributed by atoms with Crippen molar-refractivity contribution in [1.82, 2.24) is 15.1 Å². The largest absolute Gasteiger partial charge is 0.394 e. The summed E-state index contributed by atoms with van der Waals surface area (Å²) in [5.74, 6) is 0.548. The molecule has 144 valence electrons. The number of hydrogen-bond acceptors (Lipinski definition) is 5. The third-order valence-corrected chi connectivity index (χ3v) is 5.59. The first-order valence-corrected chi connectivity index (χ1v) is 10.1. The molecule has 8 heteroatoms. The third kappa shape index (κ3) is 4.01. The Bertz CT molecular complexity index is 874. The number of nitrogens with zero attached hydrogens (tertiary/aromatic N) is 2. The second kappa shape index (κ2) is 8.14. The molecule has 27 heavy (non-hydrogen) atoms. The highest BCUT2D eigenvalue weighted by Gasteiger charge is 2.27. The maximum atomic E-state index is 12.4. The summed E-state index contributed by atoms with van der Waals surface area (Å²) < 4.78 is 1.72. The molecule has 0 aliphatic carbocycles. The van der Waals surface area contributed by atoms with Crippen molar-refractivity contribution >= 4 is 29.4 Å². The van der Waals surface area contributed by atoms with Gasteiger partial charge in [-0.2, -0.15) is 16.9 Å². The van der Waals surface area contributed by atoms with Crippen LogP contribution in [0.5, 0.6) is 0 Å². The van der Waals surface area contributed by atoms with E-state index in [2.05, 4.69) is 21.8 Å². The predicted octanol–water partition coefficient (Wildman–Crippen LogP) is 2.06. The summed E-state index contributed by atoms with van der Waals surface area (Å²) in [5.41, 5.74) is 4.94. The molecule has 0 fully saturated rings. The Hall–Kier alpha value is -2.32. The molecule has 1 aliphatic heterocycles. The second-order valence-corrected chi connectivity index (χ2v) is 7.67. The van der Waals surface area contributed by atoms with E-state index in [0.717, 1.165) is 39.6 Å². The second-order valence-electron chi connectivity index (χ2n) is 6.68. The van der Waals surface area contributed by atoms with Crippen molar-refractivity contribution in [1.29, 1.82) is 0 Å². The zero-order valence-corrected chi connectivity index (χ0v) is 16.5. The smallest absolute Gasteiger partial charge is 0.314 e. The van der Waals surface area contributed by atoms with Crippen molar-refractivity contribution in [2.45, 2.75) is 44.7 Å². The number of rotatable bonds is 5. The number of aliphatic hydroxyl groups excluding tert-OH is 1. The van der Waals surface area contributed by atoms with Gasteiger partial charge in [-0.05, 0) is 31.9 Å². The molecular formula is C19H24N4O3S. The number of carbonyl (C=O) groups is 2. The molecule has 0 radical (unpaired) electrons. The number of anilines is 1. The van der Waals surface area contributed by atoms with E-state index in [1.165, 1.54) is 0 Å². The number of fused-ring (bicyclic) bond motifs is 1. The summed E-state index contributed by atoms with van der Waals surface area (Å²) in [6.07, 6.45) is 0.544. The number of amides is 2. The zero-order valence-electron chi connectivity index (χ0n) is 15.7. The van der Waals surface area contributed by atoms with Gasteiger partial charge in [-0.1, -0.05) is 24.6 Å². The molecule has 7 nitrogen and oxygen atoms in total. The number of nitrogens with one attached hydrogen (secondary N) is 2. The number of carbonyl (C=O) groups excluding carboxylic acids is 2. The van der Waals surface area contributed by atoms with Gasteiger partial charge in [0.05, 0.1) is 24.0 Å². The van der Waals surface area contributed by atoms with Crippen LogP contribution in [0, 0.1) is 13.8 Å². The van der Waals surface area contributed by atoms with Crippen molar-refractivity contribution in [2.24, 2.45) is 0 Å². The van der Waals surface area contributed by atoms with Gasteiger partial charge in [0.1, 0.15) is 5.82 Å². The van der Waals surface area contributed by atoms with E-state index in [-0.39, 0.29) is 6.61 Å². The van der Waals surface area contributed by atoms with Crippen LogP contribution >= 0.6 is 11.8 Å². The van der Waals surface area contributed by atoms with Gasteiger partial charge in [-0.3, -0.25) is 9.59 Å². The fraction of sp³-hybridized carbons (Fsp3) is 0.421. The number of aromatic nitrogens is 2. The quantitative estimate of drug-likeness (QED) is 0.682. The van der Waals surface area contributed by atoms with Gasteiger partial charge in [0.15, 0.2) is 0 Å². The number of benzene rings is 1. The monoisotopic (exact) mass is 388 g/mol. The van der Waals surface area contributed by atoms with Crippen LogP contribution in [-0.4, -0.2) is 39.4 Å². The maximum Gasteiger partial charge on any atom is 0.314 e. The van der Waals surface area contributed by atoms with E-state index in [4.69, 9.17) is 0 Å². The van der Waals surface area contributed by atoms with E-state index in [1.807, 2.05) is 32.9 Å². The summed E-state index contributed by atoms with van der Waals surface area (Å²) >= 11 is 1.73. The van der Waals surface area contributed by atoms with E-state index < -0.39 is 17.9 Å². The number of aliphatic hydroxyl groups is 1. The normalized spacial score (nSPS) is 13.9. The molecular weight excluding hydrogens is 364 g/mol. The van der Waals surface area contributed by atoms with E-state index in [0.29, 0.717) is 12.2 Å². The fourth-order valence-electron chi connectivity index (χ4n) is 3.05. The molecule has 1 aromatic carbocycles. The number of aryl methyl sites for hydroxylation is 2. The first-order chi connectivity index (χ1) is 12.9. The van der Waals surface area contributed by atoms with E-state index in [9.17, 15) is 14.7 Å². The van der Waals surface area contributed by atoms with Gasteiger partial charge >= 0.3 is 11.8 Å². The molecule has 0 spiro atoms. The zero-order chi connectivity index (χ0) is 19.6. The molecule has 0 unspecified atom stereocenters. The molecule has 2 aromatic rings. The van der Waals surface area contributed by atoms with Crippen molar-refractivity contribution in [3.63, 3.8) is 0 Å². The Morgan fingerprint density at radius 2 is 2.07 bits per heavy atom. The van der Waals surface area contributed by atoms with Gasteiger partial charge in [-0.25, -0.2) is 4.68 Å². The van der Waals surface area contributed by atoms with Crippen molar-refractivity contribution in [3.05, 3.63) is 40.6 Å². The molecule has 0 bridgehead atoms. The van der Waals surface area contributed by atoms with Crippen molar-refractivity contribution < 1.29 is 14.7 Å². The first kappa shape index (κ1) is 19.4. The lowest BCUT2D eigenvalue weighted by molar-refractivity contribution is -0.136. The lowest BCUT2D eigenvalue weighted by Gasteiger charge is -2.15. The van der Waals surface area contributed by atoms with Gasteiger partial charge in [0.2, 0.25) is 0 Å². The van der Waals surface area contributed by atoms with Gasteiger partial charge in [-0.15, -0.1) is 0 Å². The fourth-order valence-corrected chi connectivity index (χ4v) is 4.09. The van der Waals surface area contributed by atoms with Gasteiger partial charge < -0.3 is 15.7 Å². The summed E-state index contributed by atoms with van der Waals surface area (Å²) in [6, 6.07) is 5.58. The molecule has 1 aromatic heterocycles. The Balaban J connectivity index is 1.91. The van der Waals surface area contributed by atoms with Crippen LogP contribution in [0.15, 0.2) is 18.2 Å². The SMILES string of the molecule is CC[C@H](CO)NC(=O)C(=O)Nc1c2c(nn1-c1ccc(C)cc1C)CSC2.